The molecular weight excluding hydrogens is 728 g/mol. The largest absolute Gasteiger partial charge is 0.300 e. The minimum absolute atomic E-state index is 0. The van der Waals surface area contributed by atoms with Crippen LogP contribution in [0.5, 0.6) is 0 Å². The number of hydrogen-bond acceptors (Lipinski definition) is 0. The summed E-state index contributed by atoms with van der Waals surface area (Å²) in [4.78, 5) is 59.0. The first kappa shape index (κ1) is 40.3. The Morgan fingerprint density at radius 3 is 0.462 bits per heavy atom. The maximum Gasteiger partial charge on any atom is 0.255 e. The molecule has 0 bridgehead atoms. The van der Waals surface area contributed by atoms with Crippen molar-refractivity contribution in [1.29, 1.82) is 0 Å². The molecule has 0 saturated carbocycles. The average Bonchev–Trinajstić information content (AvgIpc) is 3.20. The first-order valence-corrected chi connectivity index (χ1v) is 16.0. The van der Waals surface area contributed by atoms with Crippen molar-refractivity contribution in [2.75, 3.05) is 0 Å². The maximum absolute atomic E-state index is 9.83. The van der Waals surface area contributed by atoms with Crippen molar-refractivity contribution in [3.63, 3.8) is 0 Å². The predicted octanol–water partition coefficient (Wildman–Crippen LogP) is 7.13. The molecule has 6 N–H and O–H groups in total. The zero-order chi connectivity index (χ0) is 36.3. The Labute approximate surface area is 322 Å². The van der Waals surface area contributed by atoms with E-state index in [1.165, 1.54) is 19.3 Å². The van der Waals surface area contributed by atoms with Gasteiger partial charge in [0.1, 0.15) is 0 Å². The molecule has 0 unspecified atom stereocenters. The first-order valence-electron chi connectivity index (χ1n) is 16.0. The van der Waals surface area contributed by atoms with E-state index in [0.29, 0.717) is 33.4 Å². The zero-order valence-corrected chi connectivity index (χ0v) is 30.7. The molecule has 6 nitrogen and oxygen atoms in total. The van der Waals surface area contributed by atoms with E-state index in [4.69, 9.17) is 0 Å². The van der Waals surface area contributed by atoms with E-state index in [9.17, 15) is 28.8 Å². The van der Waals surface area contributed by atoms with Crippen LogP contribution in [-0.2, 0) is 26.2 Å². The van der Waals surface area contributed by atoms with E-state index in [-0.39, 0.29) is 60.9 Å². The van der Waals surface area contributed by atoms with E-state index in [1.807, 2.05) is 109 Å². The van der Waals surface area contributed by atoms with Gasteiger partial charge in [-0.3, -0.25) is 0 Å². The first-order chi connectivity index (χ1) is 24.8. The van der Waals surface area contributed by atoms with Gasteiger partial charge in [0, 0.05) is 45.5 Å². The van der Waals surface area contributed by atoms with Crippen LogP contribution in [0.15, 0.2) is 182 Å². The van der Waals surface area contributed by atoms with E-state index in [0.717, 1.165) is 0 Å². The zero-order valence-electron chi connectivity index (χ0n) is 28.2. The number of hydrogen-bond donors (Lipinski definition) is 0. The van der Waals surface area contributed by atoms with Crippen molar-refractivity contribution < 1.29 is 55.0 Å². The van der Waals surface area contributed by atoms with Crippen molar-refractivity contribution in [2.24, 2.45) is 0 Å². The molecule has 0 saturated heterocycles. The Hall–Kier alpha value is -6.17. The van der Waals surface area contributed by atoms with Crippen molar-refractivity contribution in [3.05, 3.63) is 235 Å². The van der Waals surface area contributed by atoms with Crippen LogP contribution in [0.1, 0.15) is 33.4 Å². The summed E-state index contributed by atoms with van der Waals surface area (Å²) >= 11 is 0. The SMILES string of the molecule is [OH+]=C([CH-]C(=[OH+])c1ccccc1)c1ccccc1.[OH+]=C([CH-]C(=[OH+])c1ccccc1)c1ccccc1.[OH+]=C([CH-]C(=[OH+])c1ccccc1)c1ccccc1.[Zr]. The molecule has 0 heterocycles. The number of rotatable bonds is 12. The topological polar surface area (TPSA) is 128 Å². The van der Waals surface area contributed by atoms with E-state index < -0.39 is 0 Å². The van der Waals surface area contributed by atoms with Crippen molar-refractivity contribution in [1.82, 2.24) is 0 Å². The Morgan fingerprint density at radius 1 is 0.231 bits per heavy atom. The van der Waals surface area contributed by atoms with Crippen molar-refractivity contribution in [2.45, 2.75) is 0 Å². The molecule has 0 aromatic heterocycles. The van der Waals surface area contributed by atoms with Crippen LogP contribution in [0, 0.1) is 19.3 Å². The summed E-state index contributed by atoms with van der Waals surface area (Å²) < 4.78 is 0. The standard InChI is InChI=1S/3C15H11O2.Zr/c3*16-14(12-7-3-1-4-8-12)11-15(17)13-9-5-2-6-10-13;/h3*1-11H;/q3*-1;/p+6. The fraction of sp³-hybridized carbons (Fsp3) is 0. The van der Waals surface area contributed by atoms with E-state index in [2.05, 4.69) is 0 Å². The van der Waals surface area contributed by atoms with E-state index in [1.54, 1.807) is 72.8 Å². The quantitative estimate of drug-likeness (QED) is 0.0544. The Morgan fingerprint density at radius 2 is 0.346 bits per heavy atom. The number of ketones is 6. The number of carbonyl (C=O) groups excluding carboxylic acids is 6. The van der Waals surface area contributed by atoms with Crippen LogP contribution in [0.25, 0.3) is 0 Å². The van der Waals surface area contributed by atoms with Gasteiger partial charge in [0.2, 0.25) is 0 Å². The maximum atomic E-state index is 9.83. The normalized spacial score (nSPS) is 9.46. The molecule has 0 amide bonds. The Balaban J connectivity index is 0.000000208. The minimum atomic E-state index is 0. The molecule has 6 aromatic rings. The smallest absolute Gasteiger partial charge is 0.255 e. The summed E-state index contributed by atoms with van der Waals surface area (Å²) in [5, 5.41) is 0. The molecular formula is C45H39O6Zr+3. The van der Waals surface area contributed by atoms with Gasteiger partial charge in [0.15, 0.2) is 0 Å². The molecule has 0 aliphatic rings. The molecule has 256 valence electrons. The Bertz CT molecular complexity index is 1640. The van der Waals surface area contributed by atoms with Crippen LogP contribution in [0.2, 0.25) is 0 Å². The van der Waals surface area contributed by atoms with Crippen LogP contribution in [0.3, 0.4) is 0 Å². The third kappa shape index (κ3) is 13.3. The van der Waals surface area contributed by atoms with E-state index >= 15 is 0 Å². The minimum Gasteiger partial charge on any atom is -0.300 e. The summed E-state index contributed by atoms with van der Waals surface area (Å²) in [5.74, 6) is 0.289. The van der Waals surface area contributed by atoms with Crippen LogP contribution < -0.4 is 0 Å². The van der Waals surface area contributed by atoms with Gasteiger partial charge in [-0.05, 0) is 33.4 Å². The fourth-order valence-electron chi connectivity index (χ4n) is 4.54. The third-order valence-corrected chi connectivity index (χ3v) is 7.24. The molecule has 0 aliphatic heterocycles. The Kier molecular flexibility index (Phi) is 16.9. The van der Waals surface area contributed by atoms with Crippen LogP contribution in [-0.4, -0.2) is 63.5 Å². The summed E-state index contributed by atoms with van der Waals surface area (Å²) in [6.45, 7) is 0. The van der Waals surface area contributed by atoms with Gasteiger partial charge < -0.3 is 28.8 Å². The molecule has 52 heavy (non-hydrogen) atoms. The van der Waals surface area contributed by atoms with Gasteiger partial charge >= 0.3 is 0 Å². The van der Waals surface area contributed by atoms with Gasteiger partial charge in [0.05, 0.1) is 0 Å². The monoisotopic (exact) mass is 765 g/mol. The van der Waals surface area contributed by atoms with Gasteiger partial charge in [-0.1, -0.05) is 109 Å². The second kappa shape index (κ2) is 21.8. The average molecular weight is 767 g/mol. The van der Waals surface area contributed by atoms with Gasteiger partial charge in [-0.15, -0.1) is 72.8 Å². The molecule has 0 atom stereocenters. The second-order valence-electron chi connectivity index (χ2n) is 10.9. The van der Waals surface area contributed by atoms with Crippen LogP contribution in [0.4, 0.5) is 0 Å². The third-order valence-electron chi connectivity index (χ3n) is 7.24. The molecule has 0 aliphatic carbocycles. The van der Waals surface area contributed by atoms with Crippen LogP contribution >= 0.6 is 0 Å². The van der Waals surface area contributed by atoms with Gasteiger partial charge in [-0.2, -0.15) is 0 Å². The predicted molar refractivity (Wildman–Crippen MR) is 208 cm³/mol. The molecule has 6 aromatic carbocycles. The summed E-state index contributed by atoms with van der Waals surface area (Å²) in [7, 11) is 0. The summed E-state index contributed by atoms with van der Waals surface area (Å²) in [6, 6.07) is 54.6. The fourth-order valence-corrected chi connectivity index (χ4v) is 4.54. The van der Waals surface area contributed by atoms with Crippen molar-refractivity contribution in [3.8, 4) is 0 Å². The molecule has 6 rings (SSSR count). The summed E-state index contributed by atoms with van der Waals surface area (Å²) in [5.41, 5.74) is 4.06. The summed E-state index contributed by atoms with van der Waals surface area (Å²) in [6.07, 6.45) is 4.06. The molecule has 0 spiro atoms. The molecule has 0 radical (unpaired) electrons. The van der Waals surface area contributed by atoms with Gasteiger partial charge in [0.25, 0.3) is 34.7 Å². The van der Waals surface area contributed by atoms with Gasteiger partial charge in [-0.25, -0.2) is 0 Å². The second-order valence-corrected chi connectivity index (χ2v) is 10.9. The van der Waals surface area contributed by atoms with Crippen molar-refractivity contribution >= 4 is 34.7 Å². The molecule has 0 fully saturated rings. The molecule has 7 heteroatoms. The number of benzene rings is 6.